The molecule has 0 saturated heterocycles. The number of pyridine rings is 1. The van der Waals surface area contributed by atoms with E-state index >= 15 is 0 Å². The van der Waals surface area contributed by atoms with E-state index < -0.39 is 0 Å². The van der Waals surface area contributed by atoms with Crippen LogP contribution in [0.3, 0.4) is 0 Å². The Balaban J connectivity index is 1.94. The summed E-state index contributed by atoms with van der Waals surface area (Å²) in [5.41, 5.74) is 6.32. The number of nitrogens with two attached hydrogens (primary N) is 1. The van der Waals surface area contributed by atoms with Gasteiger partial charge in [0.2, 0.25) is 0 Å². The second-order valence-corrected chi connectivity index (χ2v) is 5.29. The van der Waals surface area contributed by atoms with Crippen LogP contribution in [0.2, 0.25) is 0 Å². The van der Waals surface area contributed by atoms with E-state index in [9.17, 15) is 0 Å². The van der Waals surface area contributed by atoms with Crippen molar-refractivity contribution in [2.45, 2.75) is 19.4 Å². The summed E-state index contributed by atoms with van der Waals surface area (Å²) in [5.74, 6) is 5.76. The first-order chi connectivity index (χ1) is 10.3. The van der Waals surface area contributed by atoms with Gasteiger partial charge in [-0.25, -0.2) is 0 Å². The molecule has 21 heavy (non-hydrogen) atoms. The molecule has 1 atom stereocenters. The largest absolute Gasteiger partial charge is 0.271 e. The predicted octanol–water partition coefficient (Wildman–Crippen LogP) is 3.29. The van der Waals surface area contributed by atoms with Crippen molar-refractivity contribution in [2.75, 3.05) is 0 Å². The topological polar surface area (TPSA) is 50.9 Å². The van der Waals surface area contributed by atoms with E-state index in [1.165, 1.54) is 16.3 Å². The molecule has 1 unspecified atom stereocenters. The van der Waals surface area contributed by atoms with Gasteiger partial charge < -0.3 is 0 Å². The number of hydrogen-bond acceptors (Lipinski definition) is 3. The van der Waals surface area contributed by atoms with Crippen LogP contribution in [-0.2, 0) is 6.42 Å². The number of benzene rings is 2. The summed E-state index contributed by atoms with van der Waals surface area (Å²) in [5, 5.41) is 2.54. The minimum Gasteiger partial charge on any atom is -0.271 e. The number of nitrogens with zero attached hydrogens (tertiary/aromatic N) is 1. The lowest BCUT2D eigenvalue weighted by Gasteiger charge is -2.17. The predicted molar refractivity (Wildman–Crippen MR) is 86.7 cm³/mol. The van der Waals surface area contributed by atoms with Gasteiger partial charge >= 0.3 is 0 Å². The van der Waals surface area contributed by atoms with E-state index in [0.29, 0.717) is 0 Å². The van der Waals surface area contributed by atoms with Crippen LogP contribution in [0.4, 0.5) is 0 Å². The summed E-state index contributed by atoms with van der Waals surface area (Å²) in [6, 6.07) is 19.0. The Hall–Kier alpha value is -2.23. The van der Waals surface area contributed by atoms with Crippen molar-refractivity contribution in [1.29, 1.82) is 0 Å². The van der Waals surface area contributed by atoms with Gasteiger partial charge in [0.15, 0.2) is 0 Å². The first kappa shape index (κ1) is 13.7. The Morgan fingerprint density at radius 2 is 1.86 bits per heavy atom. The third-order valence-corrected chi connectivity index (χ3v) is 3.84. The van der Waals surface area contributed by atoms with Gasteiger partial charge in [0, 0.05) is 11.9 Å². The maximum Gasteiger partial charge on any atom is 0.0515 e. The molecule has 3 rings (SSSR count). The van der Waals surface area contributed by atoms with Crippen LogP contribution in [0.5, 0.6) is 0 Å². The fourth-order valence-electron chi connectivity index (χ4n) is 2.65. The normalized spacial score (nSPS) is 12.5. The Morgan fingerprint density at radius 3 is 2.62 bits per heavy atom. The highest BCUT2D eigenvalue weighted by molar-refractivity contribution is 5.85. The van der Waals surface area contributed by atoms with E-state index in [2.05, 4.69) is 58.9 Å². The standard InChI is InChI=1S/C18H19N3/c1-13-9-10-16(12-20-13)18(21-19)11-15-7-4-6-14-5-2-3-8-17(14)15/h2-10,12,18,21H,11,19H2,1H3. The van der Waals surface area contributed by atoms with Crippen molar-refractivity contribution in [1.82, 2.24) is 10.4 Å². The molecule has 0 aliphatic rings. The molecule has 1 aromatic heterocycles. The maximum absolute atomic E-state index is 5.76. The first-order valence-electron chi connectivity index (χ1n) is 7.13. The van der Waals surface area contributed by atoms with Gasteiger partial charge in [-0.2, -0.15) is 0 Å². The lowest BCUT2D eigenvalue weighted by Crippen LogP contribution is -2.29. The molecule has 0 amide bonds. The summed E-state index contributed by atoms with van der Waals surface area (Å²) in [6.45, 7) is 1.99. The average Bonchev–Trinajstić information content (AvgIpc) is 2.54. The second kappa shape index (κ2) is 6.04. The van der Waals surface area contributed by atoms with Crippen molar-refractivity contribution in [2.24, 2.45) is 5.84 Å². The Bertz CT molecular complexity index is 730. The lowest BCUT2D eigenvalue weighted by molar-refractivity contribution is 0.551. The van der Waals surface area contributed by atoms with Crippen molar-refractivity contribution in [3.8, 4) is 0 Å². The molecule has 0 aliphatic heterocycles. The first-order valence-corrected chi connectivity index (χ1v) is 7.13. The second-order valence-electron chi connectivity index (χ2n) is 5.29. The van der Waals surface area contributed by atoms with Crippen molar-refractivity contribution < 1.29 is 0 Å². The van der Waals surface area contributed by atoms with Crippen LogP contribution in [-0.4, -0.2) is 4.98 Å². The van der Waals surface area contributed by atoms with Gasteiger partial charge in [-0.15, -0.1) is 0 Å². The molecule has 0 aliphatic carbocycles. The number of nitrogens with one attached hydrogen (secondary N) is 1. The lowest BCUT2D eigenvalue weighted by atomic mass is 9.96. The molecule has 0 fully saturated rings. The molecular formula is C18H19N3. The third kappa shape index (κ3) is 2.94. The highest BCUT2D eigenvalue weighted by Gasteiger charge is 2.12. The van der Waals surface area contributed by atoms with Gasteiger partial charge in [-0.1, -0.05) is 48.5 Å². The molecule has 3 aromatic rings. The SMILES string of the molecule is Cc1ccc(C(Cc2cccc3ccccc23)NN)cn1. The zero-order valence-corrected chi connectivity index (χ0v) is 12.1. The number of hydrogen-bond donors (Lipinski definition) is 2. The minimum atomic E-state index is 0.0592. The van der Waals surface area contributed by atoms with Gasteiger partial charge in [0.05, 0.1) is 6.04 Å². The zero-order valence-electron chi connectivity index (χ0n) is 12.1. The van der Waals surface area contributed by atoms with E-state index in [-0.39, 0.29) is 6.04 Å². The molecule has 0 saturated carbocycles. The molecular weight excluding hydrogens is 258 g/mol. The highest BCUT2D eigenvalue weighted by atomic mass is 15.2. The smallest absolute Gasteiger partial charge is 0.0515 e. The fraction of sp³-hybridized carbons (Fsp3) is 0.167. The summed E-state index contributed by atoms with van der Waals surface area (Å²) in [6.07, 6.45) is 2.73. The Labute approximate surface area is 124 Å². The molecule has 0 bridgehead atoms. The highest BCUT2D eigenvalue weighted by Crippen LogP contribution is 2.24. The molecule has 1 heterocycles. The van der Waals surface area contributed by atoms with Crippen molar-refractivity contribution >= 4 is 10.8 Å². The van der Waals surface area contributed by atoms with E-state index in [1.54, 1.807) is 0 Å². The molecule has 3 N–H and O–H groups in total. The van der Waals surface area contributed by atoms with E-state index in [4.69, 9.17) is 5.84 Å². The average molecular weight is 277 g/mol. The summed E-state index contributed by atoms with van der Waals surface area (Å²) < 4.78 is 0. The quantitative estimate of drug-likeness (QED) is 0.568. The van der Waals surface area contributed by atoms with Crippen LogP contribution in [0.25, 0.3) is 10.8 Å². The van der Waals surface area contributed by atoms with Crippen LogP contribution >= 0.6 is 0 Å². The fourth-order valence-corrected chi connectivity index (χ4v) is 2.65. The molecule has 0 spiro atoms. The molecule has 3 nitrogen and oxygen atoms in total. The van der Waals surface area contributed by atoms with Gasteiger partial charge in [0.1, 0.15) is 0 Å². The Morgan fingerprint density at radius 1 is 1.05 bits per heavy atom. The number of fused-ring (bicyclic) bond motifs is 1. The number of hydrazine groups is 1. The van der Waals surface area contributed by atoms with Crippen molar-refractivity contribution in [3.63, 3.8) is 0 Å². The van der Waals surface area contributed by atoms with Crippen LogP contribution < -0.4 is 11.3 Å². The Kier molecular flexibility index (Phi) is 3.95. The molecule has 0 radical (unpaired) electrons. The van der Waals surface area contributed by atoms with Crippen LogP contribution in [0.1, 0.15) is 22.9 Å². The molecule has 2 aromatic carbocycles. The van der Waals surface area contributed by atoms with Crippen LogP contribution in [0.15, 0.2) is 60.8 Å². The van der Waals surface area contributed by atoms with Gasteiger partial charge in [-0.3, -0.25) is 16.3 Å². The summed E-state index contributed by atoms with van der Waals surface area (Å²) >= 11 is 0. The summed E-state index contributed by atoms with van der Waals surface area (Å²) in [7, 11) is 0. The summed E-state index contributed by atoms with van der Waals surface area (Å²) in [4.78, 5) is 4.36. The zero-order chi connectivity index (χ0) is 14.7. The van der Waals surface area contributed by atoms with Crippen molar-refractivity contribution in [3.05, 3.63) is 77.6 Å². The third-order valence-electron chi connectivity index (χ3n) is 3.84. The van der Waals surface area contributed by atoms with E-state index in [0.717, 1.165) is 17.7 Å². The van der Waals surface area contributed by atoms with Crippen LogP contribution in [0, 0.1) is 6.92 Å². The molecule has 3 heteroatoms. The number of rotatable bonds is 4. The monoisotopic (exact) mass is 277 g/mol. The van der Waals surface area contributed by atoms with E-state index in [1.807, 2.05) is 19.2 Å². The molecule has 106 valence electrons. The maximum atomic E-state index is 5.76. The number of aryl methyl sites for hydroxylation is 1. The van der Waals surface area contributed by atoms with Gasteiger partial charge in [-0.05, 0) is 41.3 Å². The number of aromatic nitrogens is 1. The van der Waals surface area contributed by atoms with Gasteiger partial charge in [0.25, 0.3) is 0 Å². The minimum absolute atomic E-state index is 0.0592.